The highest BCUT2D eigenvalue weighted by molar-refractivity contribution is 9.10. The highest BCUT2D eigenvalue weighted by Crippen LogP contribution is 2.60. The van der Waals surface area contributed by atoms with Gasteiger partial charge in [-0.1, -0.05) is 116 Å². The summed E-state index contributed by atoms with van der Waals surface area (Å²) < 4.78 is 63.6. The minimum absolute atomic E-state index is 0.0113. The van der Waals surface area contributed by atoms with Gasteiger partial charge in [0.15, 0.2) is 5.84 Å². The average Bonchev–Trinajstić information content (AvgIpc) is 3.48. The molecule has 6 unspecified atom stereocenters. The van der Waals surface area contributed by atoms with E-state index in [0.29, 0.717) is 23.5 Å². The third kappa shape index (κ3) is 6.49. The molecule has 1 saturated heterocycles. The number of amidine groups is 1. The second kappa shape index (κ2) is 14.4. The van der Waals surface area contributed by atoms with E-state index >= 15 is 13.2 Å². The molecule has 3 heterocycles. The lowest BCUT2D eigenvalue weighted by atomic mass is 9.51. The summed E-state index contributed by atoms with van der Waals surface area (Å²) in [5, 5.41) is 11.2. The minimum atomic E-state index is -3.08. The van der Waals surface area contributed by atoms with Crippen molar-refractivity contribution in [1.29, 1.82) is 0 Å². The summed E-state index contributed by atoms with van der Waals surface area (Å²) in [4.78, 5) is 4.91. The molecule has 3 aromatic carbocycles. The first-order valence-corrected chi connectivity index (χ1v) is 21.3. The van der Waals surface area contributed by atoms with Crippen LogP contribution in [-0.4, -0.2) is 51.7 Å². The molecule has 0 N–H and O–H groups in total. The molecule has 3 aromatic rings. The summed E-state index contributed by atoms with van der Waals surface area (Å²) in [6.45, 7) is 11.2. The van der Waals surface area contributed by atoms with Gasteiger partial charge in [-0.2, -0.15) is 5.11 Å². The lowest BCUT2D eigenvalue weighted by Gasteiger charge is -2.54. The fraction of sp³-hybridized carbons (Fsp3) is 0.500. The third-order valence-electron chi connectivity index (χ3n) is 12.0. The van der Waals surface area contributed by atoms with Crippen molar-refractivity contribution in [2.24, 2.45) is 38.4 Å². The van der Waals surface area contributed by atoms with E-state index in [1.807, 2.05) is 48.6 Å². The van der Waals surface area contributed by atoms with Gasteiger partial charge in [0.25, 0.3) is 8.32 Å². The van der Waals surface area contributed by atoms with Crippen LogP contribution < -0.4 is 10.4 Å². The molecule has 1 fully saturated rings. The van der Waals surface area contributed by atoms with Gasteiger partial charge < -0.3 is 9.16 Å². The van der Waals surface area contributed by atoms with E-state index in [2.05, 4.69) is 73.0 Å². The van der Waals surface area contributed by atoms with Crippen molar-refractivity contribution in [3.05, 3.63) is 107 Å². The highest BCUT2D eigenvalue weighted by Gasteiger charge is 2.63. The quantitative estimate of drug-likeness (QED) is 0.160. The van der Waals surface area contributed by atoms with Crippen LogP contribution in [0, 0.1) is 34.8 Å². The van der Waals surface area contributed by atoms with Crippen molar-refractivity contribution >= 4 is 40.5 Å². The Morgan fingerprint density at radius 3 is 2.17 bits per heavy atom. The van der Waals surface area contributed by atoms with E-state index < -0.39 is 42.9 Å². The van der Waals surface area contributed by atoms with E-state index in [4.69, 9.17) is 19.3 Å². The first-order chi connectivity index (χ1) is 24.8. The third-order valence-corrected chi connectivity index (χ3v) is 17.4. The van der Waals surface area contributed by atoms with E-state index in [1.54, 1.807) is 6.92 Å². The van der Waals surface area contributed by atoms with Crippen molar-refractivity contribution in [2.75, 3.05) is 19.8 Å². The zero-order chi connectivity index (χ0) is 36.9. The maximum atomic E-state index is 17.8. The monoisotopic (exact) mass is 791 g/mol. The number of allylic oxidation sites excluding steroid dienone is 1. The van der Waals surface area contributed by atoms with Crippen LogP contribution in [0.15, 0.2) is 105 Å². The predicted octanol–water partition coefficient (Wildman–Crippen LogP) is 9.75. The van der Waals surface area contributed by atoms with Crippen molar-refractivity contribution in [1.82, 2.24) is 0 Å². The van der Waals surface area contributed by atoms with Crippen molar-refractivity contribution in [2.45, 2.75) is 89.1 Å². The van der Waals surface area contributed by atoms with Crippen molar-refractivity contribution < 1.29 is 22.3 Å². The molecule has 52 heavy (non-hydrogen) atoms. The summed E-state index contributed by atoms with van der Waals surface area (Å²) in [5.74, 6) is -2.24. The van der Waals surface area contributed by atoms with Crippen LogP contribution in [0.5, 0.6) is 0 Å². The standard InChI is InChI=1S/C42H49BrF3N3O2Si/c1-27-25-47-39-42(38(48-49-39)35-18-12-13-21-50-35)20-19-31(36-33(44)22-28(43)23-34(36)45)32(37(27)42)24-41(5,46)26-51-52(40(2,3)4,29-14-8-6-9-15-29)30-16-10-7-11-17-30/h6-11,14-17,19-20,22-23,27,31-32,35,37-38H,12-13,18,21,24-26H2,1-5H3/t27-,31-,32?,35?,37?,38?,41?,42?/m0/s1. The SMILES string of the molecule is C[C@H]1CN=C2N=NC(C3CCCCO3)C23C=C[C@H](c2c(F)cc(Br)cc2F)C(CC(C)(F)CO[Si](c2ccccc2)(c2ccccc2)C(C)(C)C)C13. The Hall–Kier alpha value is -2.92. The summed E-state index contributed by atoms with van der Waals surface area (Å²) in [6.07, 6.45) is 6.62. The number of ether oxygens (including phenoxy) is 1. The van der Waals surface area contributed by atoms with Crippen LogP contribution >= 0.6 is 15.9 Å². The lowest BCUT2D eigenvalue weighted by molar-refractivity contribution is -0.0406. The fourth-order valence-corrected chi connectivity index (χ4v) is 14.9. The highest BCUT2D eigenvalue weighted by atomic mass is 79.9. The molecule has 0 bridgehead atoms. The summed E-state index contributed by atoms with van der Waals surface area (Å²) in [6, 6.07) is 22.6. The molecule has 1 aliphatic carbocycles. The van der Waals surface area contributed by atoms with Gasteiger partial charge in [-0.25, -0.2) is 13.2 Å². The molecule has 10 heteroatoms. The minimum Gasteiger partial charge on any atom is -0.404 e. The molecular formula is C42H49BrF3N3O2Si. The average molecular weight is 793 g/mol. The van der Waals surface area contributed by atoms with Crippen molar-refractivity contribution in [3.63, 3.8) is 0 Å². The number of hydrogen-bond donors (Lipinski definition) is 0. The van der Waals surface area contributed by atoms with E-state index in [1.165, 1.54) is 12.1 Å². The molecule has 0 amide bonds. The summed E-state index contributed by atoms with van der Waals surface area (Å²) >= 11 is 3.26. The molecule has 276 valence electrons. The number of halogens is 4. The van der Waals surface area contributed by atoms with Gasteiger partial charge in [-0.15, -0.1) is 5.11 Å². The molecular weight excluding hydrogens is 743 g/mol. The van der Waals surface area contributed by atoms with Gasteiger partial charge >= 0.3 is 0 Å². The Kier molecular flexibility index (Phi) is 10.3. The van der Waals surface area contributed by atoms with Gasteiger partial charge in [-0.3, -0.25) is 4.99 Å². The zero-order valence-corrected chi connectivity index (χ0v) is 33.3. The molecule has 0 radical (unpaired) electrons. The Morgan fingerprint density at radius 2 is 1.60 bits per heavy atom. The van der Waals surface area contributed by atoms with Gasteiger partial charge in [0, 0.05) is 29.1 Å². The molecule has 8 atom stereocenters. The number of nitrogens with zero attached hydrogens (tertiary/aromatic N) is 3. The Morgan fingerprint density at radius 1 is 0.962 bits per heavy atom. The lowest BCUT2D eigenvalue weighted by Crippen LogP contribution is -2.67. The Balaban J connectivity index is 1.32. The first kappa shape index (κ1) is 37.4. The predicted molar refractivity (Wildman–Crippen MR) is 207 cm³/mol. The number of aliphatic imine (C=N–C) groups is 1. The number of hydrogen-bond acceptors (Lipinski definition) is 5. The normalized spacial score (nSPS) is 30.0. The van der Waals surface area contributed by atoms with Gasteiger partial charge in [0.05, 0.1) is 18.1 Å². The smallest absolute Gasteiger partial charge is 0.261 e. The van der Waals surface area contributed by atoms with Gasteiger partial charge in [0.2, 0.25) is 0 Å². The zero-order valence-electron chi connectivity index (χ0n) is 30.7. The van der Waals surface area contributed by atoms with E-state index in [-0.39, 0.29) is 47.6 Å². The summed E-state index contributed by atoms with van der Waals surface area (Å²) in [7, 11) is -3.08. The number of alkyl halides is 1. The maximum absolute atomic E-state index is 17.8. The first-order valence-electron chi connectivity index (χ1n) is 18.6. The molecule has 4 aliphatic rings. The Bertz CT molecular complexity index is 1780. The van der Waals surface area contributed by atoms with Crippen LogP contribution in [0.4, 0.5) is 13.2 Å². The van der Waals surface area contributed by atoms with Crippen LogP contribution in [0.1, 0.15) is 71.8 Å². The number of benzene rings is 3. The van der Waals surface area contributed by atoms with Crippen LogP contribution in [-0.2, 0) is 9.16 Å². The fourth-order valence-electron chi connectivity index (χ4n) is 9.85. The van der Waals surface area contributed by atoms with Gasteiger partial charge in [0.1, 0.15) is 23.3 Å². The van der Waals surface area contributed by atoms with Gasteiger partial charge in [-0.05, 0) is 77.9 Å². The Labute approximate surface area is 315 Å². The molecule has 7 rings (SSSR count). The molecule has 0 aromatic heterocycles. The summed E-state index contributed by atoms with van der Waals surface area (Å²) in [5.41, 5.74) is -2.68. The van der Waals surface area contributed by atoms with E-state index in [9.17, 15) is 0 Å². The second-order valence-electron chi connectivity index (χ2n) is 16.6. The maximum Gasteiger partial charge on any atom is 0.261 e. The van der Waals surface area contributed by atoms with E-state index in [0.717, 1.165) is 29.6 Å². The molecule has 1 spiro atoms. The van der Waals surface area contributed by atoms with Crippen molar-refractivity contribution in [3.8, 4) is 0 Å². The van der Waals surface area contributed by atoms with Crippen LogP contribution in [0.2, 0.25) is 5.04 Å². The molecule has 0 saturated carbocycles. The topological polar surface area (TPSA) is 55.5 Å². The van der Waals surface area contributed by atoms with Crippen LogP contribution in [0.3, 0.4) is 0 Å². The number of rotatable bonds is 9. The second-order valence-corrected chi connectivity index (χ2v) is 21.8. The van der Waals surface area contributed by atoms with Crippen LogP contribution in [0.25, 0.3) is 0 Å². The largest absolute Gasteiger partial charge is 0.404 e. The molecule has 5 nitrogen and oxygen atoms in total. The molecule has 3 aliphatic heterocycles. The number of azo groups is 1.